The molecule has 1 heterocycles. The fraction of sp³-hybridized carbons (Fsp3) is 0.240. The van der Waals surface area contributed by atoms with Gasteiger partial charge in [0.1, 0.15) is 12.3 Å². The number of quaternary nitrogens is 1. The maximum absolute atomic E-state index is 5.42. The van der Waals surface area contributed by atoms with E-state index in [0.29, 0.717) is 0 Å². The predicted octanol–water partition coefficient (Wildman–Crippen LogP) is 3.09. The molecule has 0 spiro atoms. The van der Waals surface area contributed by atoms with Crippen LogP contribution in [0.5, 0.6) is 5.75 Å². The molecule has 4 rings (SSSR count). The molecule has 0 fully saturated rings. The summed E-state index contributed by atoms with van der Waals surface area (Å²) in [5.74, 6) is 1.73. The first kappa shape index (κ1) is 20.8. The third kappa shape index (κ3) is 4.34. The molecule has 6 nitrogen and oxygen atoms in total. The van der Waals surface area contributed by atoms with E-state index in [1.807, 2.05) is 28.9 Å². The number of ether oxygens (including phenoxy) is 1. The van der Waals surface area contributed by atoms with E-state index in [0.717, 1.165) is 34.9 Å². The van der Waals surface area contributed by atoms with Gasteiger partial charge in [-0.25, -0.2) is 0 Å². The monoisotopic (exact) mass is 414 g/mol. The van der Waals surface area contributed by atoms with Gasteiger partial charge in [-0.3, -0.25) is 0 Å². The molecule has 1 unspecified atom stereocenters. The summed E-state index contributed by atoms with van der Waals surface area (Å²) in [6.07, 6.45) is 0. The van der Waals surface area contributed by atoms with Crippen molar-refractivity contribution < 1.29 is 9.64 Å². The van der Waals surface area contributed by atoms with E-state index < -0.39 is 0 Å². The third-order valence-electron chi connectivity index (χ3n) is 5.66. The van der Waals surface area contributed by atoms with Crippen LogP contribution in [-0.2, 0) is 6.54 Å². The fourth-order valence-electron chi connectivity index (χ4n) is 4.12. The molecule has 0 aliphatic rings. The molecule has 0 radical (unpaired) electrons. The number of nitrogens with zero attached hydrogens (tertiary/aromatic N) is 4. The number of hydrogen-bond donors (Lipinski definition) is 1. The second-order valence-corrected chi connectivity index (χ2v) is 7.91. The maximum Gasteiger partial charge on any atom is 0.218 e. The zero-order chi connectivity index (χ0) is 21.8. The van der Waals surface area contributed by atoms with Crippen LogP contribution in [0.4, 0.5) is 0 Å². The number of aryl methyl sites for hydroxylation is 2. The second kappa shape index (κ2) is 9.10. The van der Waals surface area contributed by atoms with Gasteiger partial charge in [0.15, 0.2) is 6.04 Å². The van der Waals surface area contributed by atoms with Gasteiger partial charge >= 0.3 is 0 Å². The lowest BCUT2D eigenvalue weighted by atomic mass is 10.0. The summed E-state index contributed by atoms with van der Waals surface area (Å²) >= 11 is 0. The summed E-state index contributed by atoms with van der Waals surface area (Å²) in [5.41, 5.74) is 5.68. The molecule has 158 valence electrons. The van der Waals surface area contributed by atoms with Crippen molar-refractivity contribution in [3.63, 3.8) is 0 Å². The van der Waals surface area contributed by atoms with Crippen LogP contribution in [0.3, 0.4) is 0 Å². The number of tetrazole rings is 1. The Hall–Kier alpha value is -3.51. The molecule has 31 heavy (non-hydrogen) atoms. The lowest BCUT2D eigenvalue weighted by Gasteiger charge is -2.25. The number of rotatable bonds is 7. The first-order valence-corrected chi connectivity index (χ1v) is 10.4. The Labute approximate surface area is 183 Å². The highest BCUT2D eigenvalue weighted by atomic mass is 16.5. The molecular formula is C25H28N5O+. The van der Waals surface area contributed by atoms with Crippen molar-refractivity contribution in [3.8, 4) is 11.4 Å². The maximum atomic E-state index is 5.42. The highest BCUT2D eigenvalue weighted by molar-refractivity contribution is 5.40. The highest BCUT2D eigenvalue weighted by Crippen LogP contribution is 2.22. The largest absolute Gasteiger partial charge is 0.496 e. The molecule has 6 heteroatoms. The van der Waals surface area contributed by atoms with E-state index in [4.69, 9.17) is 4.74 Å². The normalized spacial score (nSPS) is 13.0. The van der Waals surface area contributed by atoms with Crippen molar-refractivity contribution in [1.29, 1.82) is 0 Å². The van der Waals surface area contributed by atoms with E-state index in [1.165, 1.54) is 16.0 Å². The van der Waals surface area contributed by atoms with Crippen LogP contribution in [0.2, 0.25) is 0 Å². The van der Waals surface area contributed by atoms with Crippen LogP contribution in [-0.4, -0.2) is 34.4 Å². The van der Waals surface area contributed by atoms with Gasteiger partial charge < -0.3 is 9.64 Å². The van der Waals surface area contributed by atoms with Crippen molar-refractivity contribution in [2.75, 3.05) is 14.2 Å². The van der Waals surface area contributed by atoms with E-state index >= 15 is 0 Å². The molecule has 1 aromatic heterocycles. The predicted molar refractivity (Wildman–Crippen MR) is 120 cm³/mol. The number of nitrogens with one attached hydrogen (secondary N) is 1. The Kier molecular flexibility index (Phi) is 6.09. The Bertz CT molecular complexity index is 1160. The van der Waals surface area contributed by atoms with E-state index in [1.54, 1.807) is 7.11 Å². The van der Waals surface area contributed by atoms with Gasteiger partial charge in [0.25, 0.3) is 0 Å². The topological polar surface area (TPSA) is 57.3 Å². The number of methoxy groups -OCH3 is 1. The molecule has 0 saturated carbocycles. The number of hydrogen-bond acceptors (Lipinski definition) is 4. The first-order chi connectivity index (χ1) is 15.1. The van der Waals surface area contributed by atoms with Gasteiger partial charge in [0.05, 0.1) is 19.8 Å². The van der Waals surface area contributed by atoms with E-state index in [2.05, 4.69) is 85.0 Å². The van der Waals surface area contributed by atoms with Gasteiger partial charge in [-0.15, -0.1) is 5.10 Å². The number of benzene rings is 3. The van der Waals surface area contributed by atoms with Crippen LogP contribution in [0.1, 0.15) is 34.1 Å². The van der Waals surface area contributed by atoms with Crippen LogP contribution in [0.15, 0.2) is 72.8 Å². The third-order valence-corrected chi connectivity index (χ3v) is 5.66. The average Bonchev–Trinajstić information content (AvgIpc) is 3.24. The Balaban J connectivity index is 1.74. The molecule has 0 saturated heterocycles. The summed E-state index contributed by atoms with van der Waals surface area (Å²) in [6.45, 7) is 4.98. The Morgan fingerprint density at radius 2 is 1.68 bits per heavy atom. The quantitative estimate of drug-likeness (QED) is 0.505. The van der Waals surface area contributed by atoms with Gasteiger partial charge in [-0.1, -0.05) is 48.5 Å². The molecule has 4 aromatic rings. The molecule has 1 N–H and O–H groups in total. The van der Waals surface area contributed by atoms with Crippen LogP contribution in [0, 0.1) is 13.8 Å². The Morgan fingerprint density at radius 1 is 0.935 bits per heavy atom. The molecule has 3 aromatic carbocycles. The van der Waals surface area contributed by atoms with Crippen molar-refractivity contribution in [2.45, 2.75) is 26.4 Å². The minimum Gasteiger partial charge on any atom is -0.496 e. The van der Waals surface area contributed by atoms with Crippen LogP contribution >= 0.6 is 0 Å². The van der Waals surface area contributed by atoms with Gasteiger partial charge in [0.2, 0.25) is 5.82 Å². The van der Waals surface area contributed by atoms with E-state index in [9.17, 15) is 0 Å². The van der Waals surface area contributed by atoms with Crippen LogP contribution < -0.4 is 9.64 Å². The van der Waals surface area contributed by atoms with Gasteiger partial charge in [0, 0.05) is 11.1 Å². The minimum atomic E-state index is -0.0294. The average molecular weight is 415 g/mol. The smallest absolute Gasteiger partial charge is 0.218 e. The molecular weight excluding hydrogens is 386 g/mol. The summed E-state index contributed by atoms with van der Waals surface area (Å²) in [5, 5.41) is 12.9. The standard InChI is InChI=1S/C25H27N5O/c1-18-10-8-9-13-22(18)30-25(26-27-28-30)24(21-11-6-5-7-12-21)29(3)17-20-14-15-23(31-4)19(2)16-20/h5-16,24H,17H2,1-4H3/p+1/t24-/m0/s1. The van der Waals surface area contributed by atoms with Gasteiger partial charge in [-0.2, -0.15) is 4.68 Å². The lowest BCUT2D eigenvalue weighted by Crippen LogP contribution is -3.08. The summed E-state index contributed by atoms with van der Waals surface area (Å²) in [4.78, 5) is 1.28. The van der Waals surface area contributed by atoms with Crippen molar-refractivity contribution in [1.82, 2.24) is 20.2 Å². The van der Waals surface area contributed by atoms with Crippen molar-refractivity contribution >= 4 is 0 Å². The summed E-state index contributed by atoms with van der Waals surface area (Å²) in [6, 6.07) is 24.9. The molecule has 0 bridgehead atoms. The van der Waals surface area contributed by atoms with Crippen molar-refractivity contribution in [2.24, 2.45) is 0 Å². The molecule has 0 aliphatic heterocycles. The first-order valence-electron chi connectivity index (χ1n) is 10.4. The van der Waals surface area contributed by atoms with E-state index in [-0.39, 0.29) is 6.04 Å². The SMILES string of the molecule is COc1ccc(C[NH+](C)[C@@H](c2ccccc2)c2nnnn2-c2ccccc2C)cc1C. The second-order valence-electron chi connectivity index (χ2n) is 7.91. The zero-order valence-corrected chi connectivity index (χ0v) is 18.4. The Morgan fingerprint density at radius 3 is 2.39 bits per heavy atom. The van der Waals surface area contributed by atoms with Crippen LogP contribution in [0.25, 0.3) is 5.69 Å². The van der Waals surface area contributed by atoms with Crippen molar-refractivity contribution in [3.05, 3.63) is 101 Å². The minimum absolute atomic E-state index is 0.0294. The summed E-state index contributed by atoms with van der Waals surface area (Å²) in [7, 11) is 3.89. The highest BCUT2D eigenvalue weighted by Gasteiger charge is 2.30. The number of aromatic nitrogens is 4. The summed E-state index contributed by atoms with van der Waals surface area (Å²) < 4.78 is 7.29. The fourth-order valence-corrected chi connectivity index (χ4v) is 4.12. The van der Waals surface area contributed by atoms with Gasteiger partial charge in [-0.05, 0) is 59.7 Å². The zero-order valence-electron chi connectivity index (χ0n) is 18.4. The molecule has 0 amide bonds. The lowest BCUT2D eigenvalue weighted by molar-refractivity contribution is -0.920. The molecule has 0 aliphatic carbocycles. The number of para-hydroxylation sites is 1. The molecule has 2 atom stereocenters.